The largest absolute Gasteiger partial charge is 0.349 e. The highest BCUT2D eigenvalue weighted by atomic mass is 16.2. The molecule has 2 atom stereocenters. The molecule has 0 bridgehead atoms. The van der Waals surface area contributed by atoms with Crippen LogP contribution in [0.5, 0.6) is 0 Å². The molecule has 1 amide bonds. The Morgan fingerprint density at radius 1 is 1.19 bits per heavy atom. The summed E-state index contributed by atoms with van der Waals surface area (Å²) in [5, 5.41) is 3.20. The molecular formula is C22H29N3O. The van der Waals surface area contributed by atoms with E-state index in [1.54, 1.807) is 0 Å². The fourth-order valence-electron chi connectivity index (χ4n) is 4.42. The van der Waals surface area contributed by atoms with Gasteiger partial charge < -0.3 is 9.88 Å². The minimum absolute atomic E-state index is 0.0543. The first-order valence-electron chi connectivity index (χ1n) is 9.92. The number of aromatic nitrogens is 1. The number of carbonyl (C=O) groups is 1. The summed E-state index contributed by atoms with van der Waals surface area (Å²) in [7, 11) is 0. The van der Waals surface area contributed by atoms with E-state index in [1.165, 1.54) is 48.1 Å². The number of hydrogen-bond donors (Lipinski definition) is 1. The molecule has 4 nitrogen and oxygen atoms in total. The summed E-state index contributed by atoms with van der Waals surface area (Å²) >= 11 is 0. The number of fused-ring (bicyclic) bond motifs is 2. The van der Waals surface area contributed by atoms with Gasteiger partial charge in [0.25, 0.3) is 0 Å². The van der Waals surface area contributed by atoms with Gasteiger partial charge in [-0.25, -0.2) is 0 Å². The van der Waals surface area contributed by atoms with Gasteiger partial charge in [0.2, 0.25) is 5.91 Å². The molecule has 0 saturated heterocycles. The zero-order valence-corrected chi connectivity index (χ0v) is 15.9. The standard InChI is InChI=1S/C22H29N3O/c1-16(19-10-9-18-6-3-4-7-20(18)14-19)23-22(26)15-25-13-12-24-11-5-8-21(24)17(25)2/h5,8-11,14,16-17H,3-4,6-7,12-13,15H2,1-2H3,(H,23,26)/t16-,17+/m0/s1. The van der Waals surface area contributed by atoms with Crippen LogP contribution < -0.4 is 5.32 Å². The summed E-state index contributed by atoms with van der Waals surface area (Å²) in [6.07, 6.45) is 7.09. The fraction of sp³-hybridized carbons (Fsp3) is 0.500. The van der Waals surface area contributed by atoms with Crippen LogP contribution in [0.25, 0.3) is 0 Å². The van der Waals surface area contributed by atoms with Gasteiger partial charge in [0.15, 0.2) is 0 Å². The highest BCUT2D eigenvalue weighted by molar-refractivity contribution is 5.78. The van der Waals surface area contributed by atoms with Crippen LogP contribution in [0.4, 0.5) is 0 Å². The van der Waals surface area contributed by atoms with Crippen LogP contribution in [0.15, 0.2) is 36.5 Å². The first-order chi connectivity index (χ1) is 12.6. The minimum atomic E-state index is 0.0543. The monoisotopic (exact) mass is 351 g/mol. The molecule has 0 fully saturated rings. The molecule has 1 N–H and O–H groups in total. The molecule has 4 rings (SSSR count). The Morgan fingerprint density at radius 3 is 2.85 bits per heavy atom. The molecule has 4 heteroatoms. The molecule has 0 saturated carbocycles. The molecule has 2 aliphatic rings. The SMILES string of the molecule is C[C@H](NC(=O)CN1CCn2cccc2[C@H]1C)c1ccc2c(c1)CCCC2. The molecular weight excluding hydrogens is 322 g/mol. The highest BCUT2D eigenvalue weighted by Crippen LogP contribution is 2.26. The van der Waals surface area contributed by atoms with Crippen LogP contribution in [0, 0.1) is 0 Å². The molecule has 2 heterocycles. The fourth-order valence-corrected chi connectivity index (χ4v) is 4.42. The molecule has 0 unspecified atom stereocenters. The Morgan fingerprint density at radius 2 is 2.00 bits per heavy atom. The number of benzene rings is 1. The third kappa shape index (κ3) is 3.43. The molecule has 1 aromatic heterocycles. The maximum atomic E-state index is 12.6. The van der Waals surface area contributed by atoms with Crippen molar-refractivity contribution >= 4 is 5.91 Å². The van der Waals surface area contributed by atoms with Crippen molar-refractivity contribution in [3.8, 4) is 0 Å². The van der Waals surface area contributed by atoms with Crippen molar-refractivity contribution < 1.29 is 4.79 Å². The number of rotatable bonds is 4. The Kier molecular flexibility index (Phi) is 4.86. The Bertz CT molecular complexity index is 794. The zero-order chi connectivity index (χ0) is 18.1. The van der Waals surface area contributed by atoms with E-state index in [-0.39, 0.29) is 18.0 Å². The van der Waals surface area contributed by atoms with Gasteiger partial charge in [-0.15, -0.1) is 0 Å². The van der Waals surface area contributed by atoms with Crippen molar-refractivity contribution in [2.45, 2.75) is 58.2 Å². The van der Waals surface area contributed by atoms with Crippen molar-refractivity contribution in [3.63, 3.8) is 0 Å². The number of carbonyl (C=O) groups excluding carboxylic acids is 1. The molecule has 2 aromatic rings. The minimum Gasteiger partial charge on any atom is -0.349 e. The topological polar surface area (TPSA) is 37.3 Å². The van der Waals surface area contributed by atoms with Gasteiger partial charge in [0.1, 0.15) is 0 Å². The second kappa shape index (κ2) is 7.28. The molecule has 0 spiro atoms. The summed E-state index contributed by atoms with van der Waals surface area (Å²) < 4.78 is 2.29. The Hall–Kier alpha value is -2.07. The lowest BCUT2D eigenvalue weighted by atomic mass is 9.89. The van der Waals surface area contributed by atoms with E-state index in [9.17, 15) is 4.79 Å². The van der Waals surface area contributed by atoms with E-state index in [0.29, 0.717) is 6.54 Å². The van der Waals surface area contributed by atoms with E-state index in [0.717, 1.165) is 13.1 Å². The van der Waals surface area contributed by atoms with Gasteiger partial charge in [-0.05, 0) is 68.4 Å². The normalized spacial score (nSPS) is 20.9. The Balaban J connectivity index is 1.37. The number of nitrogens with zero attached hydrogens (tertiary/aromatic N) is 2. The van der Waals surface area contributed by atoms with Crippen LogP contribution in [-0.4, -0.2) is 28.5 Å². The van der Waals surface area contributed by atoms with E-state index < -0.39 is 0 Å². The van der Waals surface area contributed by atoms with Crippen LogP contribution in [0.3, 0.4) is 0 Å². The van der Waals surface area contributed by atoms with Crippen molar-refractivity contribution in [1.29, 1.82) is 0 Å². The predicted octanol–water partition coefficient (Wildman–Crippen LogP) is 3.62. The summed E-state index contributed by atoms with van der Waals surface area (Å²) in [6, 6.07) is 11.3. The average molecular weight is 351 g/mol. The third-order valence-corrected chi connectivity index (χ3v) is 6.07. The van der Waals surface area contributed by atoms with Crippen molar-refractivity contribution in [2.24, 2.45) is 0 Å². The molecule has 0 radical (unpaired) electrons. The van der Waals surface area contributed by atoms with Gasteiger partial charge in [-0.1, -0.05) is 18.2 Å². The lowest BCUT2D eigenvalue weighted by Gasteiger charge is -2.34. The molecule has 1 aromatic carbocycles. The maximum Gasteiger partial charge on any atom is 0.234 e. The van der Waals surface area contributed by atoms with Crippen molar-refractivity contribution in [2.75, 3.05) is 13.1 Å². The summed E-state index contributed by atoms with van der Waals surface area (Å²) in [4.78, 5) is 14.9. The van der Waals surface area contributed by atoms with Crippen LogP contribution in [0.1, 0.15) is 61.2 Å². The lowest BCUT2D eigenvalue weighted by molar-refractivity contribution is -0.123. The molecule has 1 aliphatic heterocycles. The maximum absolute atomic E-state index is 12.6. The average Bonchev–Trinajstić information content (AvgIpc) is 3.13. The third-order valence-electron chi connectivity index (χ3n) is 6.07. The molecule has 26 heavy (non-hydrogen) atoms. The van der Waals surface area contributed by atoms with Gasteiger partial charge in [0, 0.05) is 31.0 Å². The number of nitrogens with one attached hydrogen (secondary N) is 1. The van der Waals surface area contributed by atoms with Crippen LogP contribution in [-0.2, 0) is 24.2 Å². The number of amides is 1. The van der Waals surface area contributed by atoms with Crippen LogP contribution in [0.2, 0.25) is 0 Å². The number of aryl methyl sites for hydroxylation is 2. The lowest BCUT2D eigenvalue weighted by Crippen LogP contribution is -2.43. The summed E-state index contributed by atoms with van der Waals surface area (Å²) in [6.45, 7) is 6.61. The molecule has 138 valence electrons. The first-order valence-corrected chi connectivity index (χ1v) is 9.92. The second-order valence-corrected chi connectivity index (χ2v) is 7.80. The van der Waals surface area contributed by atoms with Crippen molar-refractivity contribution in [3.05, 3.63) is 58.9 Å². The van der Waals surface area contributed by atoms with Gasteiger partial charge in [0.05, 0.1) is 12.6 Å². The molecule has 1 aliphatic carbocycles. The van der Waals surface area contributed by atoms with Crippen LogP contribution >= 0.6 is 0 Å². The van der Waals surface area contributed by atoms with Gasteiger partial charge in [-0.3, -0.25) is 9.69 Å². The van der Waals surface area contributed by atoms with E-state index in [2.05, 4.69) is 65.2 Å². The quantitative estimate of drug-likeness (QED) is 0.913. The summed E-state index contributed by atoms with van der Waals surface area (Å²) in [5.74, 6) is 0.113. The van der Waals surface area contributed by atoms with Gasteiger partial charge in [-0.2, -0.15) is 0 Å². The van der Waals surface area contributed by atoms with E-state index in [4.69, 9.17) is 0 Å². The second-order valence-electron chi connectivity index (χ2n) is 7.80. The highest BCUT2D eigenvalue weighted by Gasteiger charge is 2.25. The predicted molar refractivity (Wildman–Crippen MR) is 104 cm³/mol. The first kappa shape index (κ1) is 17.3. The summed E-state index contributed by atoms with van der Waals surface area (Å²) in [5.41, 5.74) is 5.48. The zero-order valence-electron chi connectivity index (χ0n) is 15.9. The van der Waals surface area contributed by atoms with Crippen molar-refractivity contribution in [1.82, 2.24) is 14.8 Å². The van der Waals surface area contributed by atoms with E-state index in [1.807, 2.05) is 0 Å². The van der Waals surface area contributed by atoms with Gasteiger partial charge >= 0.3 is 0 Å². The van der Waals surface area contributed by atoms with E-state index >= 15 is 0 Å². The smallest absolute Gasteiger partial charge is 0.234 e. The number of hydrogen-bond acceptors (Lipinski definition) is 2. The Labute approximate surface area is 156 Å².